The van der Waals surface area contributed by atoms with Crippen molar-refractivity contribution < 1.29 is 63.7 Å². The van der Waals surface area contributed by atoms with Crippen molar-refractivity contribution in [2.45, 2.75) is 82.4 Å². The van der Waals surface area contributed by atoms with Crippen molar-refractivity contribution in [2.75, 3.05) is 104 Å². The molecule has 4 aromatic carbocycles. The summed E-state index contributed by atoms with van der Waals surface area (Å²) in [5, 5.41) is 12.0. The third-order valence-corrected chi connectivity index (χ3v) is 16.6. The van der Waals surface area contributed by atoms with Crippen LogP contribution in [-0.2, 0) is 64.4 Å². The second-order valence-electron chi connectivity index (χ2n) is 19.3. The van der Waals surface area contributed by atoms with Crippen LogP contribution in [0.2, 0.25) is 0 Å². The molecule has 2 amide bonds. The highest BCUT2D eigenvalue weighted by Gasteiger charge is 2.25. The number of nitrogens with zero attached hydrogens (tertiary/aromatic N) is 4. The maximum absolute atomic E-state index is 12.7. The van der Waals surface area contributed by atoms with Crippen molar-refractivity contribution in [2.24, 2.45) is 5.90 Å². The summed E-state index contributed by atoms with van der Waals surface area (Å²) in [5.41, 5.74) is 7.38. The van der Waals surface area contributed by atoms with Crippen molar-refractivity contribution in [1.29, 1.82) is 0 Å². The molecule has 22 nitrogen and oxygen atoms in total. The number of anilines is 1. The minimum Gasteiger partial charge on any atom is -0.744 e. The fraction of sp³-hybridized carbons (Fsp3) is 0.410. The average Bonchev–Trinajstić information content (AvgIpc) is 1.11. The second-order valence-corrected chi connectivity index (χ2v) is 23.2. The van der Waals surface area contributed by atoms with Crippen molar-refractivity contribution in [3.8, 4) is 39.4 Å². The molecule has 5 aromatic rings. The van der Waals surface area contributed by atoms with E-state index in [0.29, 0.717) is 100 Å². The summed E-state index contributed by atoms with van der Waals surface area (Å²) in [7, 11) is -9.07. The van der Waals surface area contributed by atoms with E-state index in [1.165, 1.54) is 12.1 Å². The summed E-state index contributed by atoms with van der Waals surface area (Å²) in [6.45, 7) is 21.7. The van der Waals surface area contributed by atoms with Gasteiger partial charge in [-0.15, -0.1) is 9.32 Å². The highest BCUT2D eigenvalue weighted by Crippen LogP contribution is 2.43. The predicted octanol–water partition coefficient (Wildman–Crippen LogP) is 7.38. The lowest BCUT2D eigenvalue weighted by molar-refractivity contribution is -0.195. The van der Waals surface area contributed by atoms with Crippen LogP contribution in [0.25, 0.3) is 50.4 Å². The summed E-state index contributed by atoms with van der Waals surface area (Å²) in [4.78, 5) is 30.8. The maximum atomic E-state index is 12.7. The molecule has 1 aliphatic carbocycles. The number of amides is 2. The number of fused-ring (bicyclic) bond motifs is 2. The first-order chi connectivity index (χ1) is 41.5. The van der Waals surface area contributed by atoms with Crippen LogP contribution >= 0.6 is 12.0 Å². The van der Waals surface area contributed by atoms with E-state index in [9.17, 15) is 31.0 Å². The minimum atomic E-state index is -5.06. The molecule has 0 bridgehead atoms. The summed E-state index contributed by atoms with van der Waals surface area (Å²) in [6, 6.07) is 32.8. The smallest absolute Gasteiger partial charge is 0.240 e. The zero-order chi connectivity index (χ0) is 62.1. The first-order valence-electron chi connectivity index (χ1n) is 28.7. The van der Waals surface area contributed by atoms with Gasteiger partial charge in [-0.2, -0.15) is 11.0 Å². The van der Waals surface area contributed by atoms with Gasteiger partial charge in [0.05, 0.1) is 91.2 Å². The van der Waals surface area contributed by atoms with E-state index in [-0.39, 0.29) is 41.7 Å². The molecule has 2 aliphatic rings. The van der Waals surface area contributed by atoms with Crippen LogP contribution in [-0.4, -0.2) is 142 Å². The largest absolute Gasteiger partial charge is 0.744 e. The number of aryl methyl sites for hydroxylation is 2. The summed E-state index contributed by atoms with van der Waals surface area (Å²) < 4.78 is 102. The van der Waals surface area contributed by atoms with Crippen molar-refractivity contribution in [3.63, 3.8) is 0 Å². The number of sulfonamides is 1. The lowest BCUT2D eigenvalue weighted by Crippen LogP contribution is -2.35. The number of nitrogens with one attached hydrogen (secondary N) is 3. The molecule has 0 fully saturated rings. The first kappa shape index (κ1) is 68.5. The number of rotatable bonds is 34. The highest BCUT2D eigenvalue weighted by atomic mass is 32.2. The van der Waals surface area contributed by atoms with Gasteiger partial charge in [-0.3, -0.25) is 9.59 Å². The quantitative estimate of drug-likeness (QED) is 0.00582. The molecule has 0 atom stereocenters. The Morgan fingerprint density at radius 2 is 1.35 bits per heavy atom. The number of ether oxygens (including phenoxy) is 4. The lowest BCUT2D eigenvalue weighted by atomic mass is 9.93. The van der Waals surface area contributed by atoms with E-state index >= 15 is 0 Å². The average molecular weight is 1250 g/mol. The zero-order valence-electron chi connectivity index (χ0n) is 49.9. The first-order valence-corrected chi connectivity index (χ1v) is 32.4. The number of carbonyl (C=O) groups is 2. The molecular weight excluding hydrogens is 1160 g/mol. The molecule has 5 N–H and O–H groups in total. The lowest BCUT2D eigenvalue weighted by Gasteiger charge is -2.23. The topological polar surface area (TPSA) is 280 Å². The highest BCUT2D eigenvalue weighted by molar-refractivity contribution is 7.94. The van der Waals surface area contributed by atoms with Gasteiger partial charge < -0.3 is 43.5 Å². The van der Waals surface area contributed by atoms with Crippen LogP contribution in [0.1, 0.15) is 65.6 Å². The Morgan fingerprint density at radius 1 is 0.721 bits per heavy atom. The van der Waals surface area contributed by atoms with E-state index in [1.807, 2.05) is 85.3 Å². The number of nitrogens with two attached hydrogens (primary N) is 1. The molecule has 2 heterocycles. The molecule has 1 aliphatic heterocycles. The van der Waals surface area contributed by atoms with Crippen molar-refractivity contribution in [3.05, 3.63) is 126 Å². The fourth-order valence-electron chi connectivity index (χ4n) is 9.26. The monoisotopic (exact) mass is 1240 g/mol. The normalized spacial score (nSPS) is 11.6. The Bertz CT molecular complexity index is 3550. The fourth-order valence-corrected chi connectivity index (χ4v) is 11.5. The Morgan fingerprint density at radius 3 is 1.95 bits per heavy atom. The molecule has 0 spiro atoms. The van der Waals surface area contributed by atoms with Crippen LogP contribution in [0.4, 0.5) is 5.69 Å². The van der Waals surface area contributed by atoms with Gasteiger partial charge in [-0.1, -0.05) is 42.8 Å². The van der Waals surface area contributed by atoms with Gasteiger partial charge >= 0.3 is 0 Å². The molecular formula is C61H80N8O14S3. The molecule has 0 unspecified atom stereocenters. The molecule has 86 heavy (non-hydrogen) atoms. The Labute approximate surface area is 508 Å². The Hall–Kier alpha value is -6.59. The third-order valence-electron chi connectivity index (χ3n) is 13.6. The predicted molar refractivity (Wildman–Crippen MR) is 331 cm³/mol. The van der Waals surface area contributed by atoms with Crippen LogP contribution in [0, 0.1) is 6.92 Å². The van der Waals surface area contributed by atoms with Crippen molar-refractivity contribution in [1.82, 2.24) is 29.7 Å². The minimum absolute atomic E-state index is 0.113. The Kier molecular flexibility index (Phi) is 27.6. The maximum Gasteiger partial charge on any atom is 0.240 e. The van der Waals surface area contributed by atoms with Gasteiger partial charge in [0, 0.05) is 109 Å². The van der Waals surface area contributed by atoms with Crippen LogP contribution in [0.5, 0.6) is 0 Å². The standard InChI is InChI=1S/C32H45N5O8S.C29H35N3O6S2/c1-3-40-18-19-42-22-23-43-21-20-41-17-14-32(39)35-16-15-34-31(38)13-8-27-24-30(26-6-4-25(2)5-7-26)37(36-27)28-9-11-29(12-10-28)46-45-44-33;1-6-30-39(33,34)22-13-16-25(28(19-22)40(35,36)37)29-23-14-11-20(31(7-2)8-3)17-26(23)38-27-18-21(12-15-24(27)29)32(9-4)10-5/h4-7,9-12,24H,3,8,13-23,33H2,1-2H3,(H,34,38)(H,35,39);11-19,30H,6-10H2,1-5H3. The van der Waals surface area contributed by atoms with E-state index in [0.717, 1.165) is 88.4 Å². The summed E-state index contributed by atoms with van der Waals surface area (Å²) in [5.74, 6) is 5.18. The van der Waals surface area contributed by atoms with Gasteiger partial charge in [-0.05, 0) is 102 Å². The molecule has 0 radical (unpaired) electrons. The summed E-state index contributed by atoms with van der Waals surface area (Å²) in [6.07, 6.45) is 0.958. The van der Waals surface area contributed by atoms with Gasteiger partial charge in [0.1, 0.15) is 34.6 Å². The SMILES string of the molecule is CCNS(=O)(=O)c1ccc(-c2c3ccc(=[N+](CC)CC)cc-3oc3cc(N(CC)CC)ccc23)c(S(=O)(=O)[O-])c1.CCOCCOCCOCCOCCC(=O)NCCNC(=O)CCc1cc(-c2ccc(C)cc2)n(-c2ccc(SOON)cc2)n1. The van der Waals surface area contributed by atoms with Gasteiger partial charge in [0.25, 0.3) is 0 Å². The second kappa shape index (κ2) is 34.7. The van der Waals surface area contributed by atoms with E-state index < -0.39 is 25.0 Å². The van der Waals surface area contributed by atoms with Gasteiger partial charge in [0.2, 0.25) is 27.2 Å². The zero-order valence-corrected chi connectivity index (χ0v) is 52.4. The number of benzene rings is 5. The number of carbonyl (C=O) groups excluding carboxylic acids is 2. The van der Waals surface area contributed by atoms with Crippen LogP contribution < -0.4 is 36.1 Å². The van der Waals surface area contributed by atoms with E-state index in [4.69, 9.17) is 38.7 Å². The molecule has 466 valence electrons. The van der Waals surface area contributed by atoms with Crippen molar-refractivity contribution >= 4 is 60.7 Å². The Balaban J connectivity index is 0.000000278. The van der Waals surface area contributed by atoms with E-state index in [2.05, 4.69) is 81.8 Å². The molecule has 0 saturated carbocycles. The molecule has 25 heteroatoms. The van der Waals surface area contributed by atoms with Crippen LogP contribution in [0.3, 0.4) is 0 Å². The third kappa shape index (κ3) is 20.0. The number of hydrogen-bond donors (Lipinski definition) is 4. The molecule has 1 aromatic heterocycles. The van der Waals surface area contributed by atoms with Gasteiger partial charge in [0.15, 0.2) is 0 Å². The van der Waals surface area contributed by atoms with Gasteiger partial charge in [-0.25, -0.2) is 30.8 Å². The number of aromatic nitrogens is 2. The summed E-state index contributed by atoms with van der Waals surface area (Å²) >= 11 is 1.00. The van der Waals surface area contributed by atoms with E-state index in [1.54, 1.807) is 6.92 Å². The number of hydrogen-bond acceptors (Lipinski definition) is 18. The van der Waals surface area contributed by atoms with Crippen LogP contribution in [0.15, 0.2) is 128 Å². The molecule has 0 saturated heterocycles. The molecule has 7 rings (SSSR count).